The zero-order valence-electron chi connectivity index (χ0n) is 11.7. The Morgan fingerprint density at radius 2 is 2.32 bits per heavy atom. The molecule has 22 heavy (non-hydrogen) atoms. The second-order valence-corrected chi connectivity index (χ2v) is 4.85. The largest absolute Gasteiger partial charge is 0.391 e. The molecule has 1 saturated heterocycles. The minimum Gasteiger partial charge on any atom is -0.391 e. The Kier molecular flexibility index (Phi) is 3.58. The molecule has 3 atom stereocenters. The summed E-state index contributed by atoms with van der Waals surface area (Å²) in [7, 11) is 1.40. The van der Waals surface area contributed by atoms with Crippen molar-refractivity contribution in [3.05, 3.63) is 6.33 Å². The van der Waals surface area contributed by atoms with Crippen LogP contribution in [0.2, 0.25) is 0 Å². The summed E-state index contributed by atoms with van der Waals surface area (Å²) >= 11 is 0. The fraction of sp³-hybridized carbons (Fsp3) is 0.545. The standard InChI is InChI=1S/C11H16N6O5/c1-21-16-8-6-9(15-10(12)14-8)17(4-13-6)11(3-18)7(20)5(19)2-22-11/h4-5,7,18-20H,2-3H2,1H3,(H3,12,14,15,16)/t5-,7-,11-/m0/s1. The van der Waals surface area contributed by atoms with E-state index < -0.39 is 24.5 Å². The van der Waals surface area contributed by atoms with E-state index in [0.717, 1.165) is 0 Å². The normalized spacial score (nSPS) is 28.4. The van der Waals surface area contributed by atoms with Crippen molar-refractivity contribution in [2.75, 3.05) is 31.5 Å². The summed E-state index contributed by atoms with van der Waals surface area (Å²) in [4.78, 5) is 16.9. The molecule has 0 unspecified atom stereocenters. The van der Waals surface area contributed by atoms with Crippen molar-refractivity contribution in [3.63, 3.8) is 0 Å². The molecule has 1 aliphatic heterocycles. The number of hydrogen-bond donors (Lipinski definition) is 5. The van der Waals surface area contributed by atoms with E-state index in [9.17, 15) is 15.3 Å². The maximum Gasteiger partial charge on any atom is 0.224 e. The summed E-state index contributed by atoms with van der Waals surface area (Å²) in [6.07, 6.45) is -1.18. The predicted octanol–water partition coefficient (Wildman–Crippen LogP) is -2.22. The third-order valence-electron chi connectivity index (χ3n) is 3.58. The highest BCUT2D eigenvalue weighted by atomic mass is 16.6. The van der Waals surface area contributed by atoms with Crippen LogP contribution in [0.1, 0.15) is 0 Å². The highest BCUT2D eigenvalue weighted by Crippen LogP contribution is 2.34. The highest BCUT2D eigenvalue weighted by molar-refractivity contribution is 5.83. The molecule has 0 spiro atoms. The summed E-state index contributed by atoms with van der Waals surface area (Å²) in [5, 5.41) is 29.6. The molecule has 11 nitrogen and oxygen atoms in total. The van der Waals surface area contributed by atoms with Gasteiger partial charge in [0.2, 0.25) is 5.95 Å². The number of aromatic nitrogens is 4. The van der Waals surface area contributed by atoms with Crippen molar-refractivity contribution in [2.45, 2.75) is 17.9 Å². The Balaban J connectivity index is 2.19. The van der Waals surface area contributed by atoms with Crippen LogP contribution in [-0.4, -0.2) is 67.4 Å². The van der Waals surface area contributed by atoms with E-state index in [2.05, 4.69) is 20.4 Å². The molecule has 0 aromatic carbocycles. The van der Waals surface area contributed by atoms with Gasteiger partial charge in [0.1, 0.15) is 12.2 Å². The van der Waals surface area contributed by atoms with Gasteiger partial charge in [0, 0.05) is 0 Å². The number of nitrogens with one attached hydrogen (secondary N) is 1. The molecule has 0 bridgehead atoms. The van der Waals surface area contributed by atoms with Gasteiger partial charge in [0.25, 0.3) is 0 Å². The Hall–Kier alpha value is -2.05. The first kappa shape index (κ1) is 14.9. The van der Waals surface area contributed by atoms with E-state index in [1.54, 1.807) is 0 Å². The van der Waals surface area contributed by atoms with Crippen LogP contribution < -0.4 is 11.2 Å². The minimum absolute atomic E-state index is 0.0603. The van der Waals surface area contributed by atoms with Crippen LogP contribution in [0.5, 0.6) is 0 Å². The average Bonchev–Trinajstić information content (AvgIpc) is 3.03. The van der Waals surface area contributed by atoms with E-state index in [4.69, 9.17) is 15.3 Å². The van der Waals surface area contributed by atoms with E-state index >= 15 is 0 Å². The lowest BCUT2D eigenvalue weighted by Crippen LogP contribution is -2.48. The molecule has 3 rings (SSSR count). The maximum absolute atomic E-state index is 10.2. The lowest BCUT2D eigenvalue weighted by Gasteiger charge is -2.31. The van der Waals surface area contributed by atoms with Gasteiger partial charge in [-0.3, -0.25) is 9.40 Å². The van der Waals surface area contributed by atoms with Gasteiger partial charge in [-0.2, -0.15) is 9.97 Å². The number of rotatable bonds is 4. The Labute approximate surface area is 124 Å². The molecular weight excluding hydrogens is 296 g/mol. The van der Waals surface area contributed by atoms with Crippen LogP contribution in [0.4, 0.5) is 11.8 Å². The van der Waals surface area contributed by atoms with Crippen LogP contribution >= 0.6 is 0 Å². The fourth-order valence-electron chi connectivity index (χ4n) is 2.50. The summed E-state index contributed by atoms with van der Waals surface area (Å²) < 4.78 is 6.75. The van der Waals surface area contributed by atoms with Gasteiger partial charge in [-0.1, -0.05) is 0 Å². The Morgan fingerprint density at radius 3 is 2.91 bits per heavy atom. The van der Waals surface area contributed by atoms with E-state index in [1.165, 1.54) is 18.0 Å². The zero-order valence-corrected chi connectivity index (χ0v) is 11.7. The maximum atomic E-state index is 10.2. The first-order valence-corrected chi connectivity index (χ1v) is 6.44. The van der Waals surface area contributed by atoms with E-state index in [0.29, 0.717) is 5.52 Å². The summed E-state index contributed by atoms with van der Waals surface area (Å²) in [5.74, 6) is 0.166. The molecule has 0 aliphatic carbocycles. The van der Waals surface area contributed by atoms with Crippen LogP contribution in [0.3, 0.4) is 0 Å². The van der Waals surface area contributed by atoms with Crippen molar-refractivity contribution in [1.82, 2.24) is 19.5 Å². The minimum atomic E-state index is -1.60. The van der Waals surface area contributed by atoms with Gasteiger partial charge >= 0.3 is 0 Å². The van der Waals surface area contributed by atoms with Gasteiger partial charge in [0.15, 0.2) is 22.7 Å². The van der Waals surface area contributed by atoms with Crippen LogP contribution in [-0.2, 0) is 15.3 Å². The SMILES string of the molecule is CONc1nc(N)nc2c1ncn2[C@@]1(CO)OC[C@H](O)[C@@H]1O. The predicted molar refractivity (Wildman–Crippen MR) is 73.4 cm³/mol. The molecule has 0 radical (unpaired) electrons. The second-order valence-electron chi connectivity index (χ2n) is 4.85. The number of anilines is 2. The zero-order chi connectivity index (χ0) is 15.9. The van der Waals surface area contributed by atoms with Crippen LogP contribution in [0.25, 0.3) is 11.2 Å². The smallest absolute Gasteiger partial charge is 0.224 e. The quantitative estimate of drug-likeness (QED) is 0.391. The molecule has 2 aromatic rings. The number of aliphatic hydroxyl groups excluding tert-OH is 3. The molecule has 0 saturated carbocycles. The van der Waals surface area contributed by atoms with Crippen LogP contribution in [0.15, 0.2) is 6.33 Å². The third kappa shape index (κ3) is 1.99. The van der Waals surface area contributed by atoms with Crippen molar-refractivity contribution in [2.24, 2.45) is 0 Å². The average molecular weight is 312 g/mol. The number of nitrogen functional groups attached to an aromatic ring is 1. The van der Waals surface area contributed by atoms with Crippen molar-refractivity contribution >= 4 is 22.9 Å². The van der Waals surface area contributed by atoms with Crippen molar-refractivity contribution < 1.29 is 24.9 Å². The third-order valence-corrected chi connectivity index (χ3v) is 3.58. The van der Waals surface area contributed by atoms with Gasteiger partial charge in [-0.05, 0) is 0 Å². The first-order valence-electron chi connectivity index (χ1n) is 6.44. The molecular formula is C11H16N6O5. The number of nitrogens with zero attached hydrogens (tertiary/aromatic N) is 4. The molecule has 11 heteroatoms. The number of aliphatic hydroxyl groups is 3. The van der Waals surface area contributed by atoms with Crippen molar-refractivity contribution in [3.8, 4) is 0 Å². The number of fused-ring (bicyclic) bond motifs is 1. The van der Waals surface area contributed by atoms with E-state index in [1.807, 2.05) is 0 Å². The molecule has 3 heterocycles. The van der Waals surface area contributed by atoms with Crippen LogP contribution in [0, 0.1) is 0 Å². The van der Waals surface area contributed by atoms with Crippen molar-refractivity contribution in [1.29, 1.82) is 0 Å². The first-order chi connectivity index (χ1) is 10.5. The molecule has 120 valence electrons. The Morgan fingerprint density at radius 1 is 1.55 bits per heavy atom. The lowest BCUT2D eigenvalue weighted by molar-refractivity contribution is -0.149. The van der Waals surface area contributed by atoms with Gasteiger partial charge < -0.3 is 25.8 Å². The molecule has 6 N–H and O–H groups in total. The van der Waals surface area contributed by atoms with Gasteiger partial charge in [-0.15, -0.1) is 0 Å². The van der Waals surface area contributed by atoms with Gasteiger partial charge in [0.05, 0.1) is 26.7 Å². The summed E-state index contributed by atoms with van der Waals surface area (Å²) in [6, 6.07) is 0. The topological polar surface area (TPSA) is 161 Å². The summed E-state index contributed by atoms with van der Waals surface area (Å²) in [6.45, 7) is -0.723. The number of nitrogens with two attached hydrogens (primary N) is 1. The number of ether oxygens (including phenoxy) is 1. The number of hydrogen-bond acceptors (Lipinski definition) is 10. The molecule has 2 aromatic heterocycles. The highest BCUT2D eigenvalue weighted by Gasteiger charge is 2.51. The number of imidazole rings is 1. The summed E-state index contributed by atoms with van der Waals surface area (Å²) in [5.41, 5.74) is 7.10. The second kappa shape index (κ2) is 5.30. The molecule has 1 aliphatic rings. The fourth-order valence-corrected chi connectivity index (χ4v) is 2.50. The monoisotopic (exact) mass is 312 g/mol. The van der Waals surface area contributed by atoms with E-state index in [-0.39, 0.29) is 24.0 Å². The van der Waals surface area contributed by atoms with Gasteiger partial charge in [-0.25, -0.2) is 10.5 Å². The molecule has 1 fully saturated rings. The Bertz CT molecular complexity index is 693. The molecule has 0 amide bonds. The lowest BCUT2D eigenvalue weighted by atomic mass is 10.1.